The van der Waals surface area contributed by atoms with Gasteiger partial charge in [-0.25, -0.2) is 0 Å². The van der Waals surface area contributed by atoms with Crippen LogP contribution in [0, 0.1) is 6.92 Å². The number of aryl methyl sites for hydroxylation is 1. The zero-order chi connectivity index (χ0) is 32.0. The predicted molar refractivity (Wildman–Crippen MR) is 169 cm³/mol. The molecule has 0 spiro atoms. The molecule has 10 heteroatoms. The molecule has 3 aromatic carbocycles. The number of aliphatic hydroxyl groups excluding tert-OH is 1. The Labute approximate surface area is 264 Å². The number of hydrogen-bond donors (Lipinski definition) is 3. The molecule has 45 heavy (non-hydrogen) atoms. The zero-order valence-corrected chi connectivity index (χ0v) is 25.7. The summed E-state index contributed by atoms with van der Waals surface area (Å²) in [4.78, 5) is 30.3. The second-order valence-electron chi connectivity index (χ2n) is 11.4. The smallest absolute Gasteiger partial charge is 0.390 e. The Kier molecular flexibility index (Phi) is 10.4. The van der Waals surface area contributed by atoms with Crippen LogP contribution in [-0.4, -0.2) is 47.1 Å². The summed E-state index contributed by atoms with van der Waals surface area (Å²) < 4.78 is 39.4. The van der Waals surface area contributed by atoms with Gasteiger partial charge in [-0.1, -0.05) is 54.6 Å². The van der Waals surface area contributed by atoms with E-state index in [4.69, 9.17) is 0 Å². The highest BCUT2D eigenvalue weighted by atomic mass is 32.1. The van der Waals surface area contributed by atoms with Crippen molar-refractivity contribution in [2.75, 3.05) is 13.1 Å². The van der Waals surface area contributed by atoms with Crippen molar-refractivity contribution >= 4 is 23.2 Å². The highest BCUT2D eigenvalue weighted by Crippen LogP contribution is 2.35. The van der Waals surface area contributed by atoms with Crippen molar-refractivity contribution < 1.29 is 27.9 Å². The second-order valence-corrected chi connectivity index (χ2v) is 12.4. The number of halogens is 3. The number of hydrogen-bond acceptors (Lipinski definition) is 5. The summed E-state index contributed by atoms with van der Waals surface area (Å²) in [5.41, 5.74) is 2.10. The molecule has 236 valence electrons. The average molecular weight is 636 g/mol. The molecule has 1 aliphatic rings. The Morgan fingerprint density at radius 2 is 1.73 bits per heavy atom. The van der Waals surface area contributed by atoms with Crippen LogP contribution in [0.25, 0.3) is 0 Å². The number of nitrogens with one attached hydrogen (secondary N) is 2. The second kappa shape index (κ2) is 14.4. The Morgan fingerprint density at radius 3 is 2.47 bits per heavy atom. The summed E-state index contributed by atoms with van der Waals surface area (Å²) in [6.45, 7) is 2.63. The van der Waals surface area contributed by atoms with Crippen molar-refractivity contribution in [2.24, 2.45) is 0 Å². The number of carbonyl (C=O) groups is 2. The van der Waals surface area contributed by atoms with Crippen molar-refractivity contribution in [3.63, 3.8) is 0 Å². The number of amides is 2. The molecule has 3 atom stereocenters. The summed E-state index contributed by atoms with van der Waals surface area (Å²) >= 11 is 1.63. The normalized spacial score (nSPS) is 16.4. The molecule has 0 aliphatic carbocycles. The summed E-state index contributed by atoms with van der Waals surface area (Å²) in [5, 5.41) is 19.2. The zero-order valence-electron chi connectivity index (χ0n) is 24.9. The van der Waals surface area contributed by atoms with Gasteiger partial charge in [0, 0.05) is 35.6 Å². The number of benzene rings is 3. The number of carbonyl (C=O) groups excluding carboxylic acids is 2. The van der Waals surface area contributed by atoms with Gasteiger partial charge in [0.15, 0.2) is 0 Å². The monoisotopic (exact) mass is 635 g/mol. The molecule has 1 saturated heterocycles. The molecule has 4 aromatic rings. The lowest BCUT2D eigenvalue weighted by Gasteiger charge is -2.26. The first-order valence-electron chi connectivity index (χ1n) is 14.9. The quantitative estimate of drug-likeness (QED) is 0.175. The fraction of sp³-hybridized carbons (Fsp3) is 0.314. The molecule has 6 nitrogen and oxygen atoms in total. The van der Waals surface area contributed by atoms with Crippen LogP contribution in [0.15, 0.2) is 90.3 Å². The van der Waals surface area contributed by atoms with Crippen LogP contribution in [0.4, 0.5) is 13.2 Å². The number of thiophene rings is 1. The maximum absolute atomic E-state index is 13.7. The third-order valence-electron chi connectivity index (χ3n) is 7.99. The molecule has 0 saturated carbocycles. The lowest BCUT2D eigenvalue weighted by Crippen LogP contribution is -2.48. The number of alkyl halides is 3. The van der Waals surface area contributed by atoms with Crippen molar-refractivity contribution in [1.82, 2.24) is 15.5 Å². The SMILES string of the molecule is Cc1cc(C(=O)N[C@H](Cc2ccccc2)[C@H](O)CNCc2cccc(C(F)(F)F)c2)cc(C(=O)N2CCCC2c2cccs2)c1. The van der Waals surface area contributed by atoms with Crippen molar-refractivity contribution in [2.45, 2.75) is 57.1 Å². The van der Waals surface area contributed by atoms with E-state index in [1.165, 1.54) is 6.07 Å². The number of likely N-dealkylation sites (tertiary alicyclic amines) is 1. The van der Waals surface area contributed by atoms with Crippen LogP contribution in [0.1, 0.15) is 66.7 Å². The van der Waals surface area contributed by atoms with Gasteiger partial charge in [0.2, 0.25) is 0 Å². The van der Waals surface area contributed by atoms with Gasteiger partial charge in [0.1, 0.15) is 0 Å². The Bertz CT molecular complexity index is 1590. The van der Waals surface area contributed by atoms with Gasteiger partial charge >= 0.3 is 6.18 Å². The highest BCUT2D eigenvalue weighted by molar-refractivity contribution is 7.10. The van der Waals surface area contributed by atoms with Gasteiger partial charge in [-0.2, -0.15) is 13.2 Å². The van der Waals surface area contributed by atoms with E-state index in [0.717, 1.165) is 41.0 Å². The molecular formula is C35H36F3N3O3S. The fourth-order valence-corrected chi connectivity index (χ4v) is 6.63. The molecule has 1 aliphatic heterocycles. The van der Waals surface area contributed by atoms with Crippen LogP contribution in [0.3, 0.4) is 0 Å². The summed E-state index contributed by atoms with van der Waals surface area (Å²) in [7, 11) is 0. The lowest BCUT2D eigenvalue weighted by atomic mass is 9.99. The third kappa shape index (κ3) is 8.39. The average Bonchev–Trinajstić information content (AvgIpc) is 3.73. The minimum atomic E-state index is -4.44. The molecule has 2 amide bonds. The van der Waals surface area contributed by atoms with E-state index in [2.05, 4.69) is 10.6 Å². The summed E-state index contributed by atoms with van der Waals surface area (Å²) in [5.74, 6) is -0.551. The third-order valence-corrected chi connectivity index (χ3v) is 8.96. The highest BCUT2D eigenvalue weighted by Gasteiger charge is 2.32. The number of aliphatic hydroxyl groups is 1. The van der Waals surface area contributed by atoms with Gasteiger partial charge < -0.3 is 20.6 Å². The van der Waals surface area contributed by atoms with Crippen LogP contribution in [-0.2, 0) is 19.1 Å². The van der Waals surface area contributed by atoms with Crippen molar-refractivity contribution in [3.05, 3.63) is 129 Å². The maximum atomic E-state index is 13.7. The molecule has 5 rings (SSSR count). The molecule has 3 N–H and O–H groups in total. The van der Waals surface area contributed by atoms with Gasteiger partial charge in [-0.3, -0.25) is 9.59 Å². The van der Waals surface area contributed by atoms with E-state index in [1.807, 2.05) is 59.7 Å². The number of nitrogens with zero attached hydrogens (tertiary/aromatic N) is 1. The Morgan fingerprint density at radius 1 is 0.978 bits per heavy atom. The fourth-order valence-electron chi connectivity index (χ4n) is 5.76. The van der Waals surface area contributed by atoms with Gasteiger partial charge in [0.05, 0.1) is 23.8 Å². The standard InChI is InChI=1S/C35H36F3N3O3S/c1-23-16-26(20-27(17-23)34(44)41-14-6-12-30(41)32-13-7-15-45-32)33(43)40-29(19-24-8-3-2-4-9-24)31(42)22-39-21-25-10-5-11-28(18-25)35(36,37)38/h2-5,7-11,13,15-18,20,29-31,39,42H,6,12,14,19,21-22H2,1H3,(H,40,43)/t29-,30?,31-/m1/s1. The Balaban J connectivity index is 1.29. The first-order valence-corrected chi connectivity index (χ1v) is 15.8. The minimum Gasteiger partial charge on any atom is -0.390 e. The van der Waals surface area contributed by atoms with Crippen molar-refractivity contribution in [1.29, 1.82) is 0 Å². The summed E-state index contributed by atoms with van der Waals surface area (Å²) in [6, 6.07) is 22.9. The molecular weight excluding hydrogens is 599 g/mol. The molecule has 2 heterocycles. The van der Waals surface area contributed by atoms with Gasteiger partial charge in [-0.05, 0) is 78.6 Å². The van der Waals surface area contributed by atoms with Crippen LogP contribution >= 0.6 is 11.3 Å². The molecule has 0 radical (unpaired) electrons. The van der Waals surface area contributed by atoms with Gasteiger partial charge in [0.25, 0.3) is 11.8 Å². The lowest BCUT2D eigenvalue weighted by molar-refractivity contribution is -0.137. The van der Waals surface area contributed by atoms with Crippen LogP contribution in [0.5, 0.6) is 0 Å². The van der Waals surface area contributed by atoms with Crippen LogP contribution < -0.4 is 10.6 Å². The molecule has 0 bridgehead atoms. The maximum Gasteiger partial charge on any atom is 0.416 e. The molecule has 1 aromatic heterocycles. The van der Waals surface area contributed by atoms with E-state index in [1.54, 1.807) is 35.6 Å². The van der Waals surface area contributed by atoms with Gasteiger partial charge in [-0.15, -0.1) is 11.3 Å². The molecule has 1 unspecified atom stereocenters. The first kappa shape index (κ1) is 32.4. The first-order chi connectivity index (χ1) is 21.6. The van der Waals surface area contributed by atoms with E-state index < -0.39 is 29.8 Å². The topological polar surface area (TPSA) is 81.7 Å². The minimum absolute atomic E-state index is 0.0177. The van der Waals surface area contributed by atoms with E-state index in [9.17, 15) is 27.9 Å². The van der Waals surface area contributed by atoms with Crippen molar-refractivity contribution in [3.8, 4) is 0 Å². The molecule has 1 fully saturated rings. The predicted octanol–water partition coefficient (Wildman–Crippen LogP) is 6.54. The van der Waals surface area contributed by atoms with E-state index >= 15 is 0 Å². The summed E-state index contributed by atoms with van der Waals surface area (Å²) in [6.07, 6.45) is -3.36. The van der Waals surface area contributed by atoms with E-state index in [0.29, 0.717) is 29.7 Å². The van der Waals surface area contributed by atoms with Crippen LogP contribution in [0.2, 0.25) is 0 Å². The number of rotatable bonds is 11. The Hall–Kier alpha value is -3.99. The largest absolute Gasteiger partial charge is 0.416 e. The van der Waals surface area contributed by atoms with E-state index in [-0.39, 0.29) is 25.0 Å².